The molecule has 0 bridgehead atoms. The number of aldehydes is 1. The fourth-order valence-corrected chi connectivity index (χ4v) is 4.00. The van der Waals surface area contributed by atoms with Gasteiger partial charge in [0.1, 0.15) is 6.29 Å². The van der Waals surface area contributed by atoms with Gasteiger partial charge < -0.3 is 4.79 Å². The number of carbonyl (C=O) groups excluding carboxylic acids is 1. The Balaban J connectivity index is 2.29. The second kappa shape index (κ2) is 4.01. The monoisotopic (exact) mass is 238 g/mol. The molecule has 16 heavy (non-hydrogen) atoms. The first kappa shape index (κ1) is 11.3. The molecular formula is C12H14O3S. The van der Waals surface area contributed by atoms with Crippen LogP contribution in [-0.4, -0.2) is 25.7 Å². The van der Waals surface area contributed by atoms with E-state index in [0.29, 0.717) is 0 Å². The van der Waals surface area contributed by atoms with E-state index in [1.807, 2.05) is 30.3 Å². The lowest BCUT2D eigenvalue weighted by molar-refractivity contribution is -0.108. The third-order valence-electron chi connectivity index (χ3n) is 3.17. The number of hydrogen-bond acceptors (Lipinski definition) is 3. The van der Waals surface area contributed by atoms with Crippen molar-refractivity contribution in [2.75, 3.05) is 5.75 Å². The molecule has 0 aliphatic heterocycles. The van der Waals surface area contributed by atoms with Crippen molar-refractivity contribution in [3.05, 3.63) is 35.9 Å². The van der Waals surface area contributed by atoms with Crippen molar-refractivity contribution < 1.29 is 13.2 Å². The van der Waals surface area contributed by atoms with Crippen molar-refractivity contribution in [3.8, 4) is 0 Å². The van der Waals surface area contributed by atoms with Gasteiger partial charge in [0.15, 0.2) is 9.84 Å². The van der Waals surface area contributed by atoms with E-state index in [1.54, 1.807) is 6.92 Å². The normalized spacial score (nSPS) is 28.7. The largest absolute Gasteiger partial charge is 0.303 e. The van der Waals surface area contributed by atoms with Crippen LogP contribution in [0.1, 0.15) is 18.4 Å². The van der Waals surface area contributed by atoms with Crippen molar-refractivity contribution in [3.63, 3.8) is 0 Å². The minimum Gasteiger partial charge on any atom is -0.303 e. The van der Waals surface area contributed by atoms with E-state index in [1.165, 1.54) is 0 Å². The second-order valence-corrected chi connectivity index (χ2v) is 6.51. The van der Waals surface area contributed by atoms with Gasteiger partial charge in [0.2, 0.25) is 0 Å². The van der Waals surface area contributed by atoms with E-state index in [0.717, 1.165) is 11.8 Å². The standard InChI is InChI=1S/C12H14O3S/c1-2-16(14,15)12-10(8-13)11(12)9-6-4-3-5-7-9/h3-8,10-12H,2H2,1H3/t10-,11-,12+/m0/s1. The Morgan fingerprint density at radius 1 is 1.25 bits per heavy atom. The van der Waals surface area contributed by atoms with E-state index in [2.05, 4.69) is 0 Å². The summed E-state index contributed by atoms with van der Waals surface area (Å²) in [6, 6.07) is 9.38. The van der Waals surface area contributed by atoms with Crippen LogP contribution in [0.4, 0.5) is 0 Å². The Bertz CT molecular complexity index is 478. The van der Waals surface area contributed by atoms with Crippen molar-refractivity contribution in [1.29, 1.82) is 0 Å². The Kier molecular flexibility index (Phi) is 2.84. The molecule has 1 aliphatic carbocycles. The summed E-state index contributed by atoms with van der Waals surface area (Å²) in [6.45, 7) is 1.62. The molecule has 1 fully saturated rings. The van der Waals surface area contributed by atoms with Crippen LogP contribution >= 0.6 is 0 Å². The maximum absolute atomic E-state index is 11.8. The third-order valence-corrected chi connectivity index (χ3v) is 5.41. The third kappa shape index (κ3) is 1.78. The van der Waals surface area contributed by atoms with E-state index >= 15 is 0 Å². The van der Waals surface area contributed by atoms with Crippen LogP contribution in [0.15, 0.2) is 30.3 Å². The van der Waals surface area contributed by atoms with E-state index < -0.39 is 15.1 Å². The van der Waals surface area contributed by atoms with Crippen LogP contribution in [0.3, 0.4) is 0 Å². The van der Waals surface area contributed by atoms with Gasteiger partial charge in [0, 0.05) is 17.6 Å². The van der Waals surface area contributed by atoms with Crippen LogP contribution in [-0.2, 0) is 14.6 Å². The fourth-order valence-electron chi connectivity index (χ4n) is 2.21. The van der Waals surface area contributed by atoms with Crippen molar-refractivity contribution in [2.24, 2.45) is 5.92 Å². The molecule has 4 heteroatoms. The highest BCUT2D eigenvalue weighted by molar-refractivity contribution is 7.92. The lowest BCUT2D eigenvalue weighted by Gasteiger charge is -1.99. The lowest BCUT2D eigenvalue weighted by atomic mass is 10.1. The summed E-state index contributed by atoms with van der Waals surface area (Å²) in [5.41, 5.74) is 0.946. The molecule has 0 N–H and O–H groups in total. The molecule has 2 rings (SSSR count). The molecule has 0 saturated heterocycles. The Morgan fingerprint density at radius 3 is 2.38 bits per heavy atom. The number of sulfone groups is 1. The quantitative estimate of drug-likeness (QED) is 0.745. The predicted molar refractivity (Wildman–Crippen MR) is 62.0 cm³/mol. The van der Waals surface area contributed by atoms with Crippen LogP contribution in [0.25, 0.3) is 0 Å². The SMILES string of the molecule is CCS(=O)(=O)[C@@H]1[C@@H](C=O)[C@@H]1c1ccccc1. The summed E-state index contributed by atoms with van der Waals surface area (Å²) < 4.78 is 23.5. The average Bonchev–Trinajstić information content (AvgIpc) is 3.05. The predicted octanol–water partition coefficient (Wildman–Crippen LogP) is 1.40. The zero-order valence-electron chi connectivity index (χ0n) is 9.04. The van der Waals surface area contributed by atoms with E-state index in [4.69, 9.17) is 0 Å². The van der Waals surface area contributed by atoms with Gasteiger partial charge in [0.25, 0.3) is 0 Å². The summed E-state index contributed by atoms with van der Waals surface area (Å²) in [5.74, 6) is -0.387. The minimum atomic E-state index is -3.11. The minimum absolute atomic E-state index is 0.103. The summed E-state index contributed by atoms with van der Waals surface area (Å²) in [7, 11) is -3.11. The zero-order chi connectivity index (χ0) is 11.8. The van der Waals surface area contributed by atoms with Crippen molar-refractivity contribution >= 4 is 16.1 Å². The van der Waals surface area contributed by atoms with E-state index in [9.17, 15) is 13.2 Å². The highest BCUT2D eigenvalue weighted by Crippen LogP contribution is 2.51. The lowest BCUT2D eigenvalue weighted by Crippen LogP contribution is -2.12. The number of rotatable bonds is 4. The average molecular weight is 238 g/mol. The molecular weight excluding hydrogens is 224 g/mol. The van der Waals surface area contributed by atoms with Gasteiger partial charge in [-0.2, -0.15) is 0 Å². The van der Waals surface area contributed by atoms with Gasteiger partial charge in [-0.15, -0.1) is 0 Å². The highest BCUT2D eigenvalue weighted by atomic mass is 32.2. The van der Waals surface area contributed by atoms with Crippen LogP contribution in [0, 0.1) is 5.92 Å². The topological polar surface area (TPSA) is 51.2 Å². The zero-order valence-corrected chi connectivity index (χ0v) is 9.85. The fraction of sp³-hybridized carbons (Fsp3) is 0.417. The molecule has 0 amide bonds. The molecule has 0 unspecified atom stereocenters. The molecule has 1 aliphatic rings. The molecule has 0 spiro atoms. The van der Waals surface area contributed by atoms with Gasteiger partial charge in [-0.25, -0.2) is 8.42 Å². The van der Waals surface area contributed by atoms with Crippen LogP contribution in [0.5, 0.6) is 0 Å². The summed E-state index contributed by atoms with van der Waals surface area (Å²) >= 11 is 0. The van der Waals surface area contributed by atoms with Gasteiger partial charge in [-0.1, -0.05) is 37.3 Å². The Morgan fingerprint density at radius 2 is 1.88 bits per heavy atom. The highest BCUT2D eigenvalue weighted by Gasteiger charge is 2.57. The van der Waals surface area contributed by atoms with Crippen LogP contribution < -0.4 is 0 Å². The van der Waals surface area contributed by atoms with Crippen molar-refractivity contribution in [2.45, 2.75) is 18.1 Å². The number of benzene rings is 1. The van der Waals surface area contributed by atoms with Gasteiger partial charge in [-0.05, 0) is 5.56 Å². The molecule has 1 saturated carbocycles. The second-order valence-electron chi connectivity index (χ2n) is 4.07. The first-order chi connectivity index (χ1) is 7.61. The molecule has 3 nitrogen and oxygen atoms in total. The van der Waals surface area contributed by atoms with Crippen molar-refractivity contribution in [1.82, 2.24) is 0 Å². The Hall–Kier alpha value is -1.16. The molecule has 1 aromatic rings. The molecule has 3 atom stereocenters. The Labute approximate surface area is 95.4 Å². The molecule has 0 heterocycles. The summed E-state index contributed by atoms with van der Waals surface area (Å²) in [6.07, 6.45) is 0.773. The smallest absolute Gasteiger partial charge is 0.154 e. The van der Waals surface area contributed by atoms with Gasteiger partial charge >= 0.3 is 0 Å². The first-order valence-corrected chi connectivity index (χ1v) is 7.05. The van der Waals surface area contributed by atoms with E-state index in [-0.39, 0.29) is 17.6 Å². The summed E-state index contributed by atoms with van der Waals surface area (Å²) in [5, 5.41) is -0.502. The summed E-state index contributed by atoms with van der Waals surface area (Å²) in [4.78, 5) is 10.9. The maximum atomic E-state index is 11.8. The molecule has 0 radical (unpaired) electrons. The first-order valence-electron chi connectivity index (χ1n) is 5.33. The van der Waals surface area contributed by atoms with Gasteiger partial charge in [-0.3, -0.25) is 0 Å². The number of hydrogen-bond donors (Lipinski definition) is 0. The maximum Gasteiger partial charge on any atom is 0.154 e. The molecule has 0 aromatic heterocycles. The molecule has 1 aromatic carbocycles. The van der Waals surface area contributed by atoms with Crippen LogP contribution in [0.2, 0.25) is 0 Å². The van der Waals surface area contributed by atoms with Gasteiger partial charge in [0.05, 0.1) is 5.25 Å². The number of carbonyl (C=O) groups is 1. The molecule has 86 valence electrons.